The van der Waals surface area contributed by atoms with Gasteiger partial charge in [0.2, 0.25) is 0 Å². The Morgan fingerprint density at radius 2 is 1.96 bits per heavy atom. The number of nitrogens with zero attached hydrogens (tertiary/aromatic N) is 2. The van der Waals surface area contributed by atoms with Crippen LogP contribution in [0.25, 0.3) is 22.3 Å². The molecule has 140 valence electrons. The summed E-state index contributed by atoms with van der Waals surface area (Å²) in [5.41, 5.74) is 13.1. The summed E-state index contributed by atoms with van der Waals surface area (Å²) < 4.78 is 6.62. The minimum atomic E-state index is -1.43. The second-order valence-corrected chi connectivity index (χ2v) is 7.66. The number of fused-ring (bicyclic) bond motifs is 5. The number of nitrogen functional groups attached to an aromatic ring is 1. The first kappa shape index (κ1) is 15.8. The molecule has 6 rings (SSSR count). The van der Waals surface area contributed by atoms with E-state index < -0.39 is 12.1 Å². The van der Waals surface area contributed by atoms with Gasteiger partial charge >= 0.3 is 5.97 Å². The van der Waals surface area contributed by atoms with Crippen molar-refractivity contribution < 1.29 is 14.6 Å². The van der Waals surface area contributed by atoms with E-state index in [1.54, 1.807) is 10.6 Å². The lowest BCUT2D eigenvalue weighted by molar-refractivity contribution is -0.157. The normalized spacial score (nSPS) is 19.2. The Hall–Kier alpha value is -3.19. The topological polar surface area (TPSA) is 107 Å². The highest BCUT2D eigenvalue weighted by molar-refractivity contribution is 5.94. The average molecular weight is 375 g/mol. The molecule has 0 spiro atoms. The number of ether oxygens (including phenoxy) is 1. The molecule has 0 saturated heterocycles. The molecule has 0 bridgehead atoms. The molecule has 0 fully saturated rings. The third-order valence-corrected chi connectivity index (χ3v) is 6.24. The summed E-state index contributed by atoms with van der Waals surface area (Å²) in [7, 11) is 0. The van der Waals surface area contributed by atoms with E-state index in [-0.39, 0.29) is 12.2 Å². The molecule has 1 atom stereocenters. The molecule has 0 saturated carbocycles. The summed E-state index contributed by atoms with van der Waals surface area (Å²) in [5.74, 6) is -0.725. The molecule has 3 aliphatic rings. The number of benzene rings is 1. The van der Waals surface area contributed by atoms with E-state index in [0.29, 0.717) is 23.4 Å². The van der Waals surface area contributed by atoms with Gasteiger partial charge in [-0.25, -0.2) is 9.78 Å². The zero-order valence-corrected chi connectivity index (χ0v) is 15.0. The number of rotatable bonds is 0. The van der Waals surface area contributed by atoms with Crippen LogP contribution in [0.5, 0.6) is 0 Å². The SMILES string of the molecule is Nc1ccc2nc3c(c4c2c1CCC4)Cn1c-3cc2c(c1=O)COC(=O)C2O. The van der Waals surface area contributed by atoms with Crippen LogP contribution in [0.3, 0.4) is 0 Å². The number of aromatic nitrogens is 2. The van der Waals surface area contributed by atoms with Gasteiger partial charge in [0.15, 0.2) is 6.10 Å². The lowest BCUT2D eigenvalue weighted by Crippen LogP contribution is -2.32. The Balaban J connectivity index is 1.68. The molecule has 0 amide bonds. The minimum Gasteiger partial charge on any atom is -0.458 e. The van der Waals surface area contributed by atoms with Gasteiger partial charge in [-0.15, -0.1) is 0 Å². The zero-order chi connectivity index (χ0) is 19.2. The molecule has 1 aliphatic carbocycles. The van der Waals surface area contributed by atoms with E-state index in [1.165, 1.54) is 5.56 Å². The van der Waals surface area contributed by atoms with Gasteiger partial charge < -0.3 is 20.1 Å². The quantitative estimate of drug-likeness (QED) is 0.357. The number of aliphatic hydroxyl groups is 1. The monoisotopic (exact) mass is 375 g/mol. The number of carbonyl (C=O) groups is 1. The summed E-state index contributed by atoms with van der Waals surface area (Å²) >= 11 is 0. The molecular weight excluding hydrogens is 358 g/mol. The van der Waals surface area contributed by atoms with E-state index in [4.69, 9.17) is 15.5 Å². The standard InChI is InChI=1S/C21H17N3O4/c22-14-4-5-15-17-9(2-1-3-10(14)17)12-7-24-16(18(12)23-15)6-11-13(20(24)26)8-28-21(27)19(11)25/h4-6,19,25H,1-3,7-8,22H2. The molecule has 2 aromatic heterocycles. The fourth-order valence-corrected chi connectivity index (χ4v) is 4.89. The van der Waals surface area contributed by atoms with Crippen LogP contribution in [0, 0.1) is 0 Å². The molecular formula is C21H17N3O4. The number of hydrogen-bond acceptors (Lipinski definition) is 6. The average Bonchev–Trinajstić information content (AvgIpc) is 3.07. The predicted octanol–water partition coefficient (Wildman–Crippen LogP) is 1.59. The van der Waals surface area contributed by atoms with Gasteiger partial charge in [0.1, 0.15) is 6.61 Å². The van der Waals surface area contributed by atoms with Crippen molar-refractivity contribution in [3.05, 3.63) is 56.4 Å². The summed E-state index contributed by atoms with van der Waals surface area (Å²) in [5, 5.41) is 11.3. The molecule has 0 radical (unpaired) electrons. The number of cyclic esters (lactones) is 1. The van der Waals surface area contributed by atoms with Crippen LogP contribution in [0.4, 0.5) is 5.69 Å². The molecule has 1 unspecified atom stereocenters. The summed E-state index contributed by atoms with van der Waals surface area (Å²) in [6.07, 6.45) is 1.43. The number of aliphatic hydroxyl groups excluding tert-OH is 1. The number of anilines is 1. The molecule has 28 heavy (non-hydrogen) atoms. The number of pyridine rings is 2. The molecule has 3 N–H and O–H groups in total. The van der Waals surface area contributed by atoms with Crippen molar-refractivity contribution in [1.29, 1.82) is 0 Å². The highest BCUT2D eigenvalue weighted by Crippen LogP contribution is 2.41. The van der Waals surface area contributed by atoms with Crippen molar-refractivity contribution in [2.75, 3.05) is 5.73 Å². The van der Waals surface area contributed by atoms with E-state index in [9.17, 15) is 14.7 Å². The van der Waals surface area contributed by atoms with Crippen LogP contribution in [-0.4, -0.2) is 20.6 Å². The van der Waals surface area contributed by atoms with E-state index in [0.717, 1.165) is 52.7 Å². The molecule has 4 heterocycles. The van der Waals surface area contributed by atoms with Crippen LogP contribution in [0.2, 0.25) is 0 Å². The number of aryl methyl sites for hydroxylation is 2. The van der Waals surface area contributed by atoms with Crippen LogP contribution in [0.15, 0.2) is 23.0 Å². The molecule has 7 nitrogen and oxygen atoms in total. The maximum Gasteiger partial charge on any atom is 0.340 e. The van der Waals surface area contributed by atoms with Gasteiger partial charge in [0.25, 0.3) is 5.56 Å². The summed E-state index contributed by atoms with van der Waals surface area (Å²) in [6, 6.07) is 5.54. The molecule has 1 aromatic carbocycles. The zero-order valence-electron chi connectivity index (χ0n) is 15.0. The summed E-state index contributed by atoms with van der Waals surface area (Å²) in [4.78, 5) is 29.7. The van der Waals surface area contributed by atoms with Crippen molar-refractivity contribution >= 4 is 22.6 Å². The third kappa shape index (κ3) is 1.84. The Kier molecular flexibility index (Phi) is 2.94. The number of nitrogens with two attached hydrogens (primary N) is 1. The Labute approximate surface area is 159 Å². The fraction of sp³-hybridized carbons (Fsp3) is 0.286. The minimum absolute atomic E-state index is 0.108. The molecule has 3 aromatic rings. The fourth-order valence-electron chi connectivity index (χ4n) is 4.89. The first-order valence-electron chi connectivity index (χ1n) is 9.39. The maximum absolute atomic E-state index is 13.1. The molecule has 7 heteroatoms. The van der Waals surface area contributed by atoms with Gasteiger partial charge in [0.05, 0.1) is 29.0 Å². The van der Waals surface area contributed by atoms with E-state index in [2.05, 4.69) is 0 Å². The van der Waals surface area contributed by atoms with Crippen molar-refractivity contribution in [2.24, 2.45) is 0 Å². The van der Waals surface area contributed by atoms with Crippen LogP contribution < -0.4 is 11.3 Å². The van der Waals surface area contributed by atoms with Gasteiger partial charge in [-0.2, -0.15) is 0 Å². The second-order valence-electron chi connectivity index (χ2n) is 7.66. The number of esters is 1. The lowest BCUT2D eigenvalue weighted by Gasteiger charge is -2.21. The first-order chi connectivity index (χ1) is 13.5. The van der Waals surface area contributed by atoms with Gasteiger partial charge in [0, 0.05) is 22.2 Å². The first-order valence-corrected chi connectivity index (χ1v) is 9.39. The van der Waals surface area contributed by atoms with Crippen molar-refractivity contribution in [1.82, 2.24) is 9.55 Å². The highest BCUT2D eigenvalue weighted by atomic mass is 16.5. The van der Waals surface area contributed by atoms with Gasteiger partial charge in [-0.1, -0.05) is 0 Å². The smallest absolute Gasteiger partial charge is 0.340 e. The maximum atomic E-state index is 13.1. The number of carbonyl (C=O) groups excluding carboxylic acids is 1. The van der Waals surface area contributed by atoms with Gasteiger partial charge in [-0.3, -0.25) is 4.79 Å². The Morgan fingerprint density at radius 1 is 1.14 bits per heavy atom. The van der Waals surface area contributed by atoms with Crippen LogP contribution in [-0.2, 0) is 35.5 Å². The van der Waals surface area contributed by atoms with E-state index >= 15 is 0 Å². The predicted molar refractivity (Wildman–Crippen MR) is 102 cm³/mol. The lowest BCUT2D eigenvalue weighted by atomic mass is 9.86. The van der Waals surface area contributed by atoms with Gasteiger partial charge in [-0.05, 0) is 48.6 Å². The summed E-state index contributed by atoms with van der Waals surface area (Å²) in [6.45, 7) is 0.330. The number of hydrogen-bond donors (Lipinski definition) is 2. The Bertz CT molecular complexity index is 1290. The second kappa shape index (κ2) is 5.20. The highest BCUT2D eigenvalue weighted by Gasteiger charge is 2.35. The molecule has 2 aliphatic heterocycles. The largest absolute Gasteiger partial charge is 0.458 e. The van der Waals surface area contributed by atoms with Crippen molar-refractivity contribution in [3.63, 3.8) is 0 Å². The van der Waals surface area contributed by atoms with E-state index in [1.807, 2.05) is 12.1 Å². The van der Waals surface area contributed by atoms with Crippen LogP contribution >= 0.6 is 0 Å². The Morgan fingerprint density at radius 3 is 2.82 bits per heavy atom. The van der Waals surface area contributed by atoms with Crippen molar-refractivity contribution in [2.45, 2.75) is 38.5 Å². The van der Waals surface area contributed by atoms with Crippen molar-refractivity contribution in [3.8, 4) is 11.4 Å². The third-order valence-electron chi connectivity index (χ3n) is 6.24. The van der Waals surface area contributed by atoms with Crippen LogP contribution in [0.1, 0.15) is 40.3 Å².